The van der Waals surface area contributed by atoms with Crippen LogP contribution in [0.25, 0.3) is 0 Å². The maximum Gasteiger partial charge on any atom is 0.321 e. The quantitative estimate of drug-likeness (QED) is 0.802. The van der Waals surface area contributed by atoms with Gasteiger partial charge in [0.25, 0.3) is 0 Å². The molecule has 0 aliphatic heterocycles. The number of halogens is 1. The van der Waals surface area contributed by atoms with Crippen molar-refractivity contribution in [2.75, 3.05) is 7.11 Å². The monoisotopic (exact) mass is 271 g/mol. The molecule has 7 heteroatoms. The van der Waals surface area contributed by atoms with Crippen molar-refractivity contribution < 1.29 is 14.3 Å². The summed E-state index contributed by atoms with van der Waals surface area (Å²) in [5, 5.41) is 3.87. The average molecular weight is 272 g/mol. The molecule has 1 rings (SSSR count). The molecule has 1 aromatic heterocycles. The van der Waals surface area contributed by atoms with E-state index < -0.39 is 17.3 Å². The van der Waals surface area contributed by atoms with Crippen molar-refractivity contribution in [3.8, 4) is 5.88 Å². The standard InChI is InChI=1S/C11H14ClN3O3/c1-7(12)10(16)15-11(17)14-6-8-3-4-9(18-2)13-5-8/h3-5,7H,6H2,1-2H3,(H2,14,15,16,17). The molecule has 98 valence electrons. The van der Waals surface area contributed by atoms with E-state index in [0.717, 1.165) is 5.56 Å². The van der Waals surface area contributed by atoms with Gasteiger partial charge in [0, 0.05) is 18.8 Å². The first-order valence-corrected chi connectivity index (χ1v) is 5.68. The summed E-state index contributed by atoms with van der Waals surface area (Å²) in [4.78, 5) is 26.4. The number of aromatic nitrogens is 1. The van der Waals surface area contributed by atoms with Crippen LogP contribution in [0.3, 0.4) is 0 Å². The van der Waals surface area contributed by atoms with Gasteiger partial charge in [-0.3, -0.25) is 10.1 Å². The van der Waals surface area contributed by atoms with Gasteiger partial charge in [0.1, 0.15) is 5.38 Å². The number of hydrogen-bond donors (Lipinski definition) is 2. The first kappa shape index (κ1) is 14.2. The van der Waals surface area contributed by atoms with Gasteiger partial charge in [0.2, 0.25) is 11.8 Å². The third-order valence-corrected chi connectivity index (χ3v) is 2.26. The van der Waals surface area contributed by atoms with E-state index in [1.807, 2.05) is 0 Å². The van der Waals surface area contributed by atoms with Crippen LogP contribution in [0.5, 0.6) is 5.88 Å². The molecule has 0 saturated carbocycles. The van der Waals surface area contributed by atoms with Gasteiger partial charge < -0.3 is 10.1 Å². The summed E-state index contributed by atoms with van der Waals surface area (Å²) < 4.78 is 4.90. The summed E-state index contributed by atoms with van der Waals surface area (Å²) in [6.45, 7) is 1.74. The zero-order valence-electron chi connectivity index (χ0n) is 10.1. The second-order valence-corrected chi connectivity index (χ2v) is 4.15. The first-order chi connectivity index (χ1) is 8.52. The van der Waals surface area contributed by atoms with E-state index >= 15 is 0 Å². The van der Waals surface area contributed by atoms with Gasteiger partial charge in [0.05, 0.1) is 7.11 Å². The highest BCUT2D eigenvalue weighted by Gasteiger charge is 2.12. The summed E-state index contributed by atoms with van der Waals surface area (Å²) in [5.74, 6) is -0.0450. The number of hydrogen-bond acceptors (Lipinski definition) is 4. The molecule has 1 atom stereocenters. The van der Waals surface area contributed by atoms with Crippen molar-refractivity contribution in [2.45, 2.75) is 18.8 Å². The topological polar surface area (TPSA) is 80.3 Å². The van der Waals surface area contributed by atoms with Gasteiger partial charge in [-0.15, -0.1) is 11.6 Å². The molecule has 0 fully saturated rings. The Kier molecular flexibility index (Phi) is 5.38. The van der Waals surface area contributed by atoms with Crippen LogP contribution in [0, 0.1) is 0 Å². The molecule has 6 nitrogen and oxygen atoms in total. The van der Waals surface area contributed by atoms with Crippen LogP contribution in [-0.2, 0) is 11.3 Å². The average Bonchev–Trinajstić information content (AvgIpc) is 2.36. The van der Waals surface area contributed by atoms with E-state index in [-0.39, 0.29) is 6.54 Å². The van der Waals surface area contributed by atoms with Gasteiger partial charge >= 0.3 is 6.03 Å². The minimum absolute atomic E-state index is 0.257. The van der Waals surface area contributed by atoms with Crippen LogP contribution >= 0.6 is 11.6 Å². The van der Waals surface area contributed by atoms with E-state index in [0.29, 0.717) is 5.88 Å². The van der Waals surface area contributed by atoms with E-state index in [1.54, 1.807) is 18.3 Å². The van der Waals surface area contributed by atoms with E-state index in [1.165, 1.54) is 14.0 Å². The Labute approximate surface area is 110 Å². The van der Waals surface area contributed by atoms with Crippen molar-refractivity contribution in [3.63, 3.8) is 0 Å². The third kappa shape index (κ3) is 4.58. The maximum absolute atomic E-state index is 11.3. The molecule has 0 radical (unpaired) electrons. The second-order valence-electron chi connectivity index (χ2n) is 3.50. The lowest BCUT2D eigenvalue weighted by molar-refractivity contribution is -0.119. The Morgan fingerprint density at radius 3 is 2.72 bits per heavy atom. The third-order valence-electron chi connectivity index (χ3n) is 2.06. The molecular formula is C11H14ClN3O3. The lowest BCUT2D eigenvalue weighted by atomic mass is 10.3. The van der Waals surface area contributed by atoms with Gasteiger partial charge in [0.15, 0.2) is 0 Å². The Morgan fingerprint density at radius 1 is 1.50 bits per heavy atom. The number of alkyl halides is 1. The number of imide groups is 1. The van der Waals surface area contributed by atoms with E-state index in [9.17, 15) is 9.59 Å². The van der Waals surface area contributed by atoms with Crippen LogP contribution < -0.4 is 15.4 Å². The number of ether oxygens (including phenoxy) is 1. The molecule has 0 saturated heterocycles. The van der Waals surface area contributed by atoms with Gasteiger partial charge in [-0.2, -0.15) is 0 Å². The number of carbonyl (C=O) groups excluding carboxylic acids is 2. The highest BCUT2D eigenvalue weighted by atomic mass is 35.5. The molecule has 0 aliphatic carbocycles. The van der Waals surface area contributed by atoms with Crippen molar-refractivity contribution in [1.29, 1.82) is 0 Å². The van der Waals surface area contributed by atoms with Crippen LogP contribution in [0.15, 0.2) is 18.3 Å². The zero-order chi connectivity index (χ0) is 13.5. The Hall–Kier alpha value is -1.82. The summed E-state index contributed by atoms with van der Waals surface area (Å²) in [7, 11) is 1.52. The van der Waals surface area contributed by atoms with Crippen molar-refractivity contribution in [3.05, 3.63) is 23.9 Å². The summed E-state index contributed by atoms with van der Waals surface area (Å²) in [6, 6.07) is 2.85. The summed E-state index contributed by atoms with van der Waals surface area (Å²) in [5.41, 5.74) is 0.789. The molecule has 0 aliphatic rings. The second kappa shape index (κ2) is 6.80. The molecule has 1 unspecified atom stereocenters. The van der Waals surface area contributed by atoms with Crippen molar-refractivity contribution in [1.82, 2.24) is 15.6 Å². The fourth-order valence-electron chi connectivity index (χ4n) is 1.07. The molecular weight excluding hydrogens is 258 g/mol. The number of nitrogens with one attached hydrogen (secondary N) is 2. The Bertz CT molecular complexity index is 420. The van der Waals surface area contributed by atoms with Crippen LogP contribution in [-0.4, -0.2) is 29.4 Å². The van der Waals surface area contributed by atoms with Crippen LogP contribution in [0.2, 0.25) is 0 Å². The summed E-state index contributed by atoms with van der Waals surface area (Å²) >= 11 is 5.51. The molecule has 0 spiro atoms. The normalized spacial score (nSPS) is 11.5. The minimum atomic E-state index is -0.751. The maximum atomic E-state index is 11.3. The van der Waals surface area contributed by atoms with Crippen LogP contribution in [0.4, 0.5) is 4.79 Å². The molecule has 0 bridgehead atoms. The highest BCUT2D eigenvalue weighted by Crippen LogP contribution is 2.06. The smallest absolute Gasteiger partial charge is 0.321 e. The number of pyridine rings is 1. The minimum Gasteiger partial charge on any atom is -0.481 e. The predicted molar refractivity (Wildman–Crippen MR) is 66.5 cm³/mol. The molecule has 0 aromatic carbocycles. The molecule has 18 heavy (non-hydrogen) atoms. The lowest BCUT2D eigenvalue weighted by Gasteiger charge is -2.07. The molecule has 1 heterocycles. The fraction of sp³-hybridized carbons (Fsp3) is 0.364. The SMILES string of the molecule is COc1ccc(CNC(=O)NC(=O)C(C)Cl)cn1. The molecule has 2 N–H and O–H groups in total. The Morgan fingerprint density at radius 2 is 2.22 bits per heavy atom. The zero-order valence-corrected chi connectivity index (χ0v) is 10.8. The Balaban J connectivity index is 2.40. The first-order valence-electron chi connectivity index (χ1n) is 5.24. The predicted octanol–water partition coefficient (Wildman–Crippen LogP) is 1.04. The molecule has 3 amide bonds. The van der Waals surface area contributed by atoms with Gasteiger partial charge in [-0.05, 0) is 12.5 Å². The summed E-state index contributed by atoms with van der Waals surface area (Å²) in [6.07, 6.45) is 1.57. The van der Waals surface area contributed by atoms with E-state index in [2.05, 4.69) is 15.6 Å². The number of urea groups is 1. The van der Waals surface area contributed by atoms with Crippen molar-refractivity contribution >= 4 is 23.5 Å². The van der Waals surface area contributed by atoms with E-state index in [4.69, 9.17) is 16.3 Å². The molecule has 1 aromatic rings. The fourth-order valence-corrected chi connectivity index (χ4v) is 1.13. The largest absolute Gasteiger partial charge is 0.481 e. The number of amides is 3. The number of carbonyl (C=O) groups is 2. The van der Waals surface area contributed by atoms with Crippen LogP contribution in [0.1, 0.15) is 12.5 Å². The highest BCUT2D eigenvalue weighted by molar-refractivity contribution is 6.31. The van der Waals surface area contributed by atoms with Gasteiger partial charge in [-0.25, -0.2) is 9.78 Å². The number of nitrogens with zero attached hydrogens (tertiary/aromatic N) is 1. The van der Waals surface area contributed by atoms with Crippen molar-refractivity contribution in [2.24, 2.45) is 0 Å². The lowest BCUT2D eigenvalue weighted by Crippen LogP contribution is -2.41. The van der Waals surface area contributed by atoms with Gasteiger partial charge in [-0.1, -0.05) is 6.07 Å². The number of methoxy groups -OCH3 is 1. The number of rotatable bonds is 4.